The molecule has 3 aromatic rings. The maximum Gasteiger partial charge on any atom is 0.0372 e. The van der Waals surface area contributed by atoms with Gasteiger partial charge in [0.15, 0.2) is 0 Å². The van der Waals surface area contributed by atoms with Gasteiger partial charge in [-0.3, -0.25) is 9.97 Å². The van der Waals surface area contributed by atoms with Crippen molar-refractivity contribution >= 4 is 0 Å². The van der Waals surface area contributed by atoms with E-state index in [0.29, 0.717) is 0 Å². The number of rotatable bonds is 0. The monoisotopic (exact) mass is 336 g/mol. The molecule has 0 amide bonds. The molecule has 0 unspecified atom stereocenters. The van der Waals surface area contributed by atoms with Crippen LogP contribution >= 0.6 is 0 Å². The summed E-state index contributed by atoms with van der Waals surface area (Å²) in [7, 11) is 0. The Kier molecular flexibility index (Phi) is 10.8. The zero-order chi connectivity index (χ0) is 17.9. The summed E-state index contributed by atoms with van der Waals surface area (Å²) in [6.45, 7) is 12.2. The lowest BCUT2D eigenvalue weighted by molar-refractivity contribution is 1.17. The van der Waals surface area contributed by atoms with Gasteiger partial charge in [0, 0.05) is 23.8 Å². The van der Waals surface area contributed by atoms with E-state index in [1.807, 2.05) is 52.2 Å². The van der Waals surface area contributed by atoms with Crippen molar-refractivity contribution in [3.63, 3.8) is 0 Å². The summed E-state index contributed by atoms with van der Waals surface area (Å²) in [5.74, 6) is 0. The van der Waals surface area contributed by atoms with Crippen LogP contribution in [0.4, 0.5) is 0 Å². The van der Waals surface area contributed by atoms with Crippen LogP contribution in [-0.4, -0.2) is 9.97 Å². The van der Waals surface area contributed by atoms with Crippen molar-refractivity contribution in [2.75, 3.05) is 0 Å². The smallest absolute Gasteiger partial charge is 0.0372 e. The van der Waals surface area contributed by atoms with Gasteiger partial charge in [0.05, 0.1) is 0 Å². The lowest BCUT2D eigenvalue weighted by atomic mass is 10.2. The highest BCUT2D eigenvalue weighted by Crippen LogP contribution is 1.99. The second kappa shape index (κ2) is 12.0. The van der Waals surface area contributed by atoms with Crippen molar-refractivity contribution in [3.8, 4) is 0 Å². The quantitative estimate of drug-likeness (QED) is 0.479. The molecule has 0 atom stereocenters. The zero-order valence-corrected chi connectivity index (χ0v) is 15.7. The second-order valence-corrected chi connectivity index (χ2v) is 6.11. The Morgan fingerprint density at radius 3 is 0.920 bits per heavy atom. The van der Waals surface area contributed by atoms with Gasteiger partial charge in [0.1, 0.15) is 0 Å². The first-order valence-electron chi connectivity index (χ1n) is 8.18. The second-order valence-electron chi connectivity index (χ2n) is 6.11. The van der Waals surface area contributed by atoms with E-state index < -0.39 is 0 Å². The summed E-state index contributed by atoms with van der Waals surface area (Å²) in [5, 5.41) is 0. The molecule has 1 aromatic carbocycles. The average Bonchev–Trinajstić information content (AvgIpc) is 2.57. The molecule has 0 saturated carbocycles. The van der Waals surface area contributed by atoms with E-state index in [4.69, 9.17) is 0 Å². The van der Waals surface area contributed by atoms with Crippen molar-refractivity contribution in [3.05, 3.63) is 94.6 Å². The van der Waals surface area contributed by atoms with Crippen molar-refractivity contribution in [2.24, 2.45) is 0 Å². The summed E-state index contributed by atoms with van der Waals surface area (Å²) < 4.78 is 0. The molecule has 0 bridgehead atoms. The number of hydrogen-bond acceptors (Lipinski definition) is 2. The van der Waals surface area contributed by atoms with Gasteiger partial charge in [-0.2, -0.15) is 0 Å². The fourth-order valence-corrected chi connectivity index (χ4v) is 1.72. The highest BCUT2D eigenvalue weighted by Gasteiger charge is 1.82. The maximum absolute atomic E-state index is 4.08. The zero-order valence-electron chi connectivity index (χ0n) is 15.7. The predicted molar refractivity (Wildman–Crippen MR) is 110 cm³/mol. The van der Waals surface area contributed by atoms with Crippen LogP contribution in [0.1, 0.15) is 41.1 Å². The Morgan fingerprint density at radius 2 is 0.720 bits per heavy atom. The lowest BCUT2D eigenvalue weighted by Crippen LogP contribution is -1.78. The summed E-state index contributed by atoms with van der Waals surface area (Å²) in [5.41, 5.74) is 7.25. The molecule has 2 heteroatoms. The number of aromatic nitrogens is 2. The Bertz CT molecular complexity index is 530. The SMILES string of the molecule is C.Cc1ccc(C)cc1.Cc1ccc(C)nc1.Cc1ccc(C)nc1. The summed E-state index contributed by atoms with van der Waals surface area (Å²) >= 11 is 0. The van der Waals surface area contributed by atoms with E-state index in [1.54, 1.807) is 0 Å². The summed E-state index contributed by atoms with van der Waals surface area (Å²) in [6, 6.07) is 16.6. The minimum absolute atomic E-state index is 0. The van der Waals surface area contributed by atoms with Crippen LogP contribution in [0.2, 0.25) is 0 Å². The molecule has 0 N–H and O–H groups in total. The minimum Gasteiger partial charge on any atom is -0.261 e. The van der Waals surface area contributed by atoms with E-state index in [9.17, 15) is 0 Å². The molecule has 0 spiro atoms. The van der Waals surface area contributed by atoms with Gasteiger partial charge in [0.25, 0.3) is 0 Å². The Labute approximate surface area is 154 Å². The predicted octanol–water partition coefficient (Wildman–Crippen LogP) is 6.34. The van der Waals surface area contributed by atoms with Crippen LogP contribution in [-0.2, 0) is 0 Å². The first kappa shape index (κ1) is 22.5. The summed E-state index contributed by atoms with van der Waals surface area (Å²) in [4.78, 5) is 8.16. The number of hydrogen-bond donors (Lipinski definition) is 0. The number of pyridine rings is 2. The normalized spacial score (nSPS) is 8.88. The third-order valence-corrected chi connectivity index (χ3v) is 3.34. The van der Waals surface area contributed by atoms with Gasteiger partial charge < -0.3 is 0 Å². The van der Waals surface area contributed by atoms with E-state index in [0.717, 1.165) is 11.4 Å². The van der Waals surface area contributed by atoms with E-state index in [-0.39, 0.29) is 7.43 Å². The summed E-state index contributed by atoms with van der Waals surface area (Å²) in [6.07, 6.45) is 3.74. The van der Waals surface area contributed by atoms with Gasteiger partial charge in [-0.1, -0.05) is 55.0 Å². The van der Waals surface area contributed by atoms with E-state index >= 15 is 0 Å². The van der Waals surface area contributed by atoms with E-state index in [2.05, 4.69) is 60.2 Å². The van der Waals surface area contributed by atoms with Gasteiger partial charge >= 0.3 is 0 Å². The van der Waals surface area contributed by atoms with Gasteiger partial charge in [0.2, 0.25) is 0 Å². The molecule has 2 aromatic heterocycles. The van der Waals surface area contributed by atoms with Crippen LogP contribution < -0.4 is 0 Å². The molecule has 0 fully saturated rings. The molecule has 0 aliphatic heterocycles. The number of nitrogens with zero attached hydrogens (tertiary/aromatic N) is 2. The van der Waals surface area contributed by atoms with Gasteiger partial charge in [-0.15, -0.1) is 0 Å². The topological polar surface area (TPSA) is 25.8 Å². The molecular weight excluding hydrogens is 304 g/mol. The van der Waals surface area contributed by atoms with Crippen molar-refractivity contribution in [2.45, 2.75) is 49.0 Å². The molecule has 25 heavy (non-hydrogen) atoms. The average molecular weight is 337 g/mol. The molecule has 0 aliphatic rings. The van der Waals surface area contributed by atoms with Crippen LogP contribution in [0.3, 0.4) is 0 Å². The fraction of sp³-hybridized carbons (Fsp3) is 0.304. The standard InChI is InChI=1S/C8H10.2C7H9N.CH4/c1-7-3-5-8(2)6-4-7;2*1-6-3-4-7(2)8-5-6;/h3-6H,1-2H3;2*3-5H,1-2H3;1H4. The molecule has 0 aliphatic carbocycles. The number of aryl methyl sites for hydroxylation is 6. The van der Waals surface area contributed by atoms with Crippen molar-refractivity contribution < 1.29 is 0 Å². The van der Waals surface area contributed by atoms with Crippen LogP contribution in [0.5, 0.6) is 0 Å². The first-order chi connectivity index (χ1) is 11.4. The largest absolute Gasteiger partial charge is 0.261 e. The van der Waals surface area contributed by atoms with Crippen molar-refractivity contribution in [1.82, 2.24) is 9.97 Å². The fourth-order valence-electron chi connectivity index (χ4n) is 1.72. The van der Waals surface area contributed by atoms with Crippen LogP contribution in [0, 0.1) is 41.5 Å². The molecule has 0 radical (unpaired) electrons. The van der Waals surface area contributed by atoms with Gasteiger partial charge in [-0.05, 0) is 64.8 Å². The first-order valence-corrected chi connectivity index (χ1v) is 8.18. The molecule has 3 rings (SSSR count). The Morgan fingerprint density at radius 1 is 0.440 bits per heavy atom. The van der Waals surface area contributed by atoms with Crippen molar-refractivity contribution in [1.29, 1.82) is 0 Å². The highest BCUT2D eigenvalue weighted by atomic mass is 14.7. The third-order valence-electron chi connectivity index (χ3n) is 3.34. The van der Waals surface area contributed by atoms with Gasteiger partial charge in [-0.25, -0.2) is 0 Å². The molecule has 2 nitrogen and oxygen atoms in total. The molecular formula is C23H32N2. The third kappa shape index (κ3) is 10.8. The Balaban J connectivity index is 0.000000339. The number of benzene rings is 1. The maximum atomic E-state index is 4.08. The molecule has 134 valence electrons. The Hall–Kier alpha value is -2.48. The van der Waals surface area contributed by atoms with E-state index in [1.165, 1.54) is 22.3 Å². The van der Waals surface area contributed by atoms with Crippen LogP contribution in [0.15, 0.2) is 60.9 Å². The minimum atomic E-state index is 0. The van der Waals surface area contributed by atoms with Crippen LogP contribution in [0.25, 0.3) is 0 Å². The highest BCUT2D eigenvalue weighted by molar-refractivity contribution is 5.19. The lowest BCUT2D eigenvalue weighted by Gasteiger charge is -1.90. The molecule has 2 heterocycles. The molecule has 0 saturated heterocycles.